The summed E-state index contributed by atoms with van der Waals surface area (Å²) in [4.78, 5) is 8.14. The lowest BCUT2D eigenvalue weighted by Crippen LogP contribution is -2.17. The Hall–Kier alpha value is -2.83. The van der Waals surface area contributed by atoms with Crippen LogP contribution in [0.5, 0.6) is 5.75 Å². The van der Waals surface area contributed by atoms with Crippen molar-refractivity contribution in [2.75, 3.05) is 5.73 Å². The van der Waals surface area contributed by atoms with Crippen LogP contribution in [0.4, 0.5) is 19.0 Å². The highest BCUT2D eigenvalue weighted by Crippen LogP contribution is 2.33. The van der Waals surface area contributed by atoms with Gasteiger partial charge in [0, 0.05) is 28.7 Å². The van der Waals surface area contributed by atoms with Gasteiger partial charge in [-0.15, -0.1) is 13.2 Å². The minimum absolute atomic E-state index is 0.249. The molecular weight excluding hydrogens is 295 g/mol. The summed E-state index contributed by atoms with van der Waals surface area (Å²) in [5.41, 5.74) is 6.19. The van der Waals surface area contributed by atoms with Crippen molar-refractivity contribution in [3.05, 3.63) is 48.8 Å². The quantitative estimate of drug-likeness (QED) is 0.782. The number of pyridine rings is 2. The Morgan fingerprint density at radius 3 is 2.41 bits per heavy atom. The van der Waals surface area contributed by atoms with Gasteiger partial charge in [-0.3, -0.25) is 4.98 Å². The third kappa shape index (κ3) is 2.93. The van der Waals surface area contributed by atoms with Crippen LogP contribution in [0.2, 0.25) is 0 Å². The minimum Gasteiger partial charge on any atom is -0.405 e. The number of halogens is 3. The van der Waals surface area contributed by atoms with Gasteiger partial charge in [-0.25, -0.2) is 4.98 Å². The molecule has 0 fully saturated rings. The van der Waals surface area contributed by atoms with Gasteiger partial charge in [0.25, 0.3) is 0 Å². The third-order valence-electron chi connectivity index (χ3n) is 3.01. The van der Waals surface area contributed by atoms with Crippen LogP contribution in [0.25, 0.3) is 22.0 Å². The summed E-state index contributed by atoms with van der Waals surface area (Å²) >= 11 is 0. The van der Waals surface area contributed by atoms with Crippen LogP contribution in [-0.2, 0) is 0 Å². The lowest BCUT2D eigenvalue weighted by Gasteiger charge is -2.13. The standard InChI is InChI=1S/C15H10F3N3O/c16-15(17,18)22-13-4-2-1-3-11(13)12-5-9-8-21-14(19)6-10(9)7-20-12/h1-8H,(H2,19,21). The first kappa shape index (κ1) is 14.1. The van der Waals surface area contributed by atoms with E-state index in [1.165, 1.54) is 24.4 Å². The zero-order valence-electron chi connectivity index (χ0n) is 11.1. The second-order valence-corrected chi connectivity index (χ2v) is 4.57. The Kier molecular flexibility index (Phi) is 3.32. The van der Waals surface area contributed by atoms with Crippen molar-refractivity contribution >= 4 is 16.6 Å². The molecule has 0 bridgehead atoms. The van der Waals surface area contributed by atoms with Crippen molar-refractivity contribution in [2.24, 2.45) is 0 Å². The maximum absolute atomic E-state index is 12.5. The van der Waals surface area contributed by atoms with Crippen LogP contribution in [0.15, 0.2) is 48.8 Å². The Morgan fingerprint density at radius 2 is 1.64 bits per heavy atom. The maximum Gasteiger partial charge on any atom is 0.573 e. The number of ether oxygens (including phenoxy) is 1. The molecule has 3 rings (SSSR count). The number of alkyl halides is 3. The average Bonchev–Trinajstić information content (AvgIpc) is 2.46. The van der Waals surface area contributed by atoms with Crippen LogP contribution in [0, 0.1) is 0 Å². The molecule has 2 aromatic heterocycles. The number of para-hydroxylation sites is 1. The molecule has 0 atom stereocenters. The Balaban J connectivity index is 2.09. The fourth-order valence-electron chi connectivity index (χ4n) is 2.09. The lowest BCUT2D eigenvalue weighted by molar-refractivity contribution is -0.274. The highest BCUT2D eigenvalue weighted by molar-refractivity contribution is 5.86. The first-order chi connectivity index (χ1) is 10.4. The van der Waals surface area contributed by atoms with Crippen molar-refractivity contribution in [3.8, 4) is 17.0 Å². The number of anilines is 1. The second kappa shape index (κ2) is 5.18. The average molecular weight is 305 g/mol. The van der Waals surface area contributed by atoms with E-state index in [9.17, 15) is 13.2 Å². The Morgan fingerprint density at radius 1 is 0.955 bits per heavy atom. The molecule has 3 aromatic rings. The Bertz CT molecular complexity index is 834. The molecule has 0 aliphatic rings. The molecule has 0 unspecified atom stereocenters. The lowest BCUT2D eigenvalue weighted by atomic mass is 10.1. The van der Waals surface area contributed by atoms with Gasteiger partial charge in [-0.05, 0) is 24.3 Å². The van der Waals surface area contributed by atoms with Gasteiger partial charge in [0.15, 0.2) is 0 Å². The molecule has 0 aliphatic carbocycles. The molecule has 1 aromatic carbocycles. The number of aromatic nitrogens is 2. The molecule has 2 N–H and O–H groups in total. The maximum atomic E-state index is 12.5. The molecule has 2 heterocycles. The number of nitrogen functional groups attached to an aromatic ring is 1. The van der Waals surface area contributed by atoms with Gasteiger partial charge in [0.2, 0.25) is 0 Å². The summed E-state index contributed by atoms with van der Waals surface area (Å²) in [5.74, 6) is 0.0492. The first-order valence-corrected chi connectivity index (χ1v) is 6.29. The van der Waals surface area contributed by atoms with Crippen molar-refractivity contribution in [2.45, 2.75) is 6.36 Å². The summed E-state index contributed by atoms with van der Waals surface area (Å²) in [7, 11) is 0. The summed E-state index contributed by atoms with van der Waals surface area (Å²) in [6, 6.07) is 9.13. The number of hydrogen-bond acceptors (Lipinski definition) is 4. The van der Waals surface area contributed by atoms with Crippen molar-refractivity contribution < 1.29 is 17.9 Å². The summed E-state index contributed by atoms with van der Waals surface area (Å²) in [6.07, 6.45) is -1.68. The highest BCUT2D eigenvalue weighted by atomic mass is 19.4. The number of hydrogen-bond donors (Lipinski definition) is 1. The third-order valence-corrected chi connectivity index (χ3v) is 3.01. The van der Waals surface area contributed by atoms with Gasteiger partial charge in [-0.1, -0.05) is 12.1 Å². The molecule has 0 aliphatic heterocycles. The van der Waals surface area contributed by atoms with Crippen molar-refractivity contribution in [1.29, 1.82) is 0 Å². The molecule has 112 valence electrons. The smallest absolute Gasteiger partial charge is 0.405 e. The SMILES string of the molecule is Nc1cc2cnc(-c3ccccc3OC(F)(F)F)cc2cn1. The number of benzene rings is 1. The highest BCUT2D eigenvalue weighted by Gasteiger charge is 2.32. The van der Waals surface area contributed by atoms with Crippen LogP contribution < -0.4 is 10.5 Å². The van der Waals surface area contributed by atoms with Crippen molar-refractivity contribution in [3.63, 3.8) is 0 Å². The molecule has 0 radical (unpaired) electrons. The first-order valence-electron chi connectivity index (χ1n) is 6.29. The summed E-state index contributed by atoms with van der Waals surface area (Å²) in [5, 5.41) is 1.48. The number of nitrogens with two attached hydrogens (primary N) is 1. The second-order valence-electron chi connectivity index (χ2n) is 4.57. The fourth-order valence-corrected chi connectivity index (χ4v) is 2.09. The largest absolute Gasteiger partial charge is 0.573 e. The van der Waals surface area contributed by atoms with Crippen LogP contribution in [0.1, 0.15) is 0 Å². The van der Waals surface area contributed by atoms with E-state index in [1.807, 2.05) is 0 Å². The summed E-state index contributed by atoms with van der Waals surface area (Å²) in [6.45, 7) is 0. The predicted octanol–water partition coefficient (Wildman–Crippen LogP) is 3.78. The van der Waals surface area contributed by atoms with E-state index in [0.717, 1.165) is 10.8 Å². The van der Waals surface area contributed by atoms with Crippen LogP contribution >= 0.6 is 0 Å². The van der Waals surface area contributed by atoms with Gasteiger partial charge >= 0.3 is 6.36 Å². The van der Waals surface area contributed by atoms with Gasteiger partial charge in [0.1, 0.15) is 11.6 Å². The molecule has 0 saturated heterocycles. The minimum atomic E-state index is -4.76. The van der Waals surface area contributed by atoms with Gasteiger partial charge < -0.3 is 10.5 Å². The molecule has 7 heteroatoms. The number of fused-ring (bicyclic) bond motifs is 1. The molecular formula is C15H10F3N3O. The summed E-state index contributed by atoms with van der Waals surface area (Å²) < 4.78 is 41.4. The van der Waals surface area contributed by atoms with Crippen LogP contribution in [0.3, 0.4) is 0 Å². The normalized spacial score (nSPS) is 11.6. The zero-order chi connectivity index (χ0) is 15.7. The fraction of sp³-hybridized carbons (Fsp3) is 0.0667. The van der Waals surface area contributed by atoms with E-state index in [0.29, 0.717) is 11.5 Å². The zero-order valence-corrected chi connectivity index (χ0v) is 11.1. The monoisotopic (exact) mass is 305 g/mol. The Labute approximate surface area is 123 Å². The van der Waals surface area contributed by atoms with E-state index in [-0.39, 0.29) is 11.3 Å². The van der Waals surface area contributed by atoms with E-state index in [4.69, 9.17) is 5.73 Å². The number of nitrogens with zero attached hydrogens (tertiary/aromatic N) is 2. The predicted molar refractivity (Wildman–Crippen MR) is 76.1 cm³/mol. The van der Waals surface area contributed by atoms with E-state index < -0.39 is 6.36 Å². The van der Waals surface area contributed by atoms with Gasteiger partial charge in [-0.2, -0.15) is 0 Å². The van der Waals surface area contributed by atoms with E-state index >= 15 is 0 Å². The van der Waals surface area contributed by atoms with E-state index in [1.54, 1.807) is 24.4 Å². The van der Waals surface area contributed by atoms with Gasteiger partial charge in [0.05, 0.1) is 5.69 Å². The molecule has 0 spiro atoms. The molecule has 4 nitrogen and oxygen atoms in total. The molecule has 22 heavy (non-hydrogen) atoms. The topological polar surface area (TPSA) is 61.0 Å². The molecule has 0 amide bonds. The number of rotatable bonds is 2. The van der Waals surface area contributed by atoms with Crippen LogP contribution in [-0.4, -0.2) is 16.3 Å². The van der Waals surface area contributed by atoms with Crippen molar-refractivity contribution in [1.82, 2.24) is 9.97 Å². The molecule has 0 saturated carbocycles. The van der Waals surface area contributed by atoms with E-state index in [2.05, 4.69) is 14.7 Å².